The first kappa shape index (κ1) is 21.4. The predicted molar refractivity (Wildman–Crippen MR) is 106 cm³/mol. The van der Waals surface area contributed by atoms with E-state index >= 15 is 0 Å². The Labute approximate surface area is 160 Å². The van der Waals surface area contributed by atoms with Crippen molar-refractivity contribution in [2.75, 3.05) is 12.4 Å². The maximum absolute atomic E-state index is 14.6. The number of ether oxygens (including phenoxy) is 1. The van der Waals surface area contributed by atoms with Gasteiger partial charge in [-0.25, -0.2) is 4.39 Å². The van der Waals surface area contributed by atoms with Crippen molar-refractivity contribution < 1.29 is 22.7 Å². The average Bonchev–Trinajstić information content (AvgIpc) is 2.59. The van der Waals surface area contributed by atoms with Crippen molar-refractivity contribution in [1.82, 2.24) is 0 Å². The first-order valence-electron chi connectivity index (χ1n) is 8.86. The molecule has 0 aliphatic carbocycles. The molecular formula is C20H27FNO4P. The normalized spacial score (nSPS) is 13.0. The van der Waals surface area contributed by atoms with Gasteiger partial charge >= 0.3 is 7.60 Å². The Morgan fingerprint density at radius 1 is 0.926 bits per heavy atom. The van der Waals surface area contributed by atoms with Crippen LogP contribution in [0, 0.1) is 5.82 Å². The van der Waals surface area contributed by atoms with E-state index in [1.54, 1.807) is 77.3 Å². The number of benzene rings is 2. The second-order valence-corrected chi connectivity index (χ2v) is 8.66. The predicted octanol–water partition coefficient (Wildman–Crippen LogP) is 5.99. The van der Waals surface area contributed by atoms with E-state index in [0.717, 1.165) is 0 Å². The lowest BCUT2D eigenvalue weighted by Gasteiger charge is -2.31. The summed E-state index contributed by atoms with van der Waals surface area (Å²) in [5.41, 5.74) is 0.863. The molecule has 0 bridgehead atoms. The molecule has 0 heterocycles. The Balaban J connectivity index is 2.49. The van der Waals surface area contributed by atoms with Crippen LogP contribution >= 0.6 is 7.60 Å². The number of rotatable bonds is 9. The highest BCUT2D eigenvalue weighted by Crippen LogP contribution is 2.62. The molecule has 0 saturated heterocycles. The van der Waals surface area contributed by atoms with E-state index in [9.17, 15) is 8.96 Å². The molecule has 0 saturated carbocycles. The molecule has 0 radical (unpaired) electrons. The van der Waals surface area contributed by atoms with Gasteiger partial charge < -0.3 is 19.1 Å². The molecule has 7 heteroatoms. The fraction of sp³-hybridized carbons (Fsp3) is 0.400. The van der Waals surface area contributed by atoms with Gasteiger partial charge in [0.25, 0.3) is 0 Å². The fourth-order valence-electron chi connectivity index (χ4n) is 2.60. The van der Waals surface area contributed by atoms with Gasteiger partial charge in [0, 0.05) is 11.3 Å². The van der Waals surface area contributed by atoms with E-state index in [1.165, 1.54) is 6.07 Å². The van der Waals surface area contributed by atoms with E-state index in [2.05, 4.69) is 5.32 Å². The number of hydrogen-bond acceptors (Lipinski definition) is 5. The Bertz CT molecular complexity index is 766. The van der Waals surface area contributed by atoms with Crippen LogP contribution in [0.25, 0.3) is 0 Å². The standard InChI is InChI=1S/C20H27FNO4P/c1-14(2)25-27(23,26-15(3)4)20(18-8-6-7-9-19(18)21)22-16-10-12-17(24-5)13-11-16/h6-15,20,22H,1-5H3. The highest BCUT2D eigenvalue weighted by molar-refractivity contribution is 7.54. The van der Waals surface area contributed by atoms with Crippen LogP contribution in [0.5, 0.6) is 5.75 Å². The summed E-state index contributed by atoms with van der Waals surface area (Å²) in [6.07, 6.45) is -0.719. The van der Waals surface area contributed by atoms with Gasteiger partial charge in [0.05, 0.1) is 19.3 Å². The maximum atomic E-state index is 14.6. The SMILES string of the molecule is COc1ccc(NC(c2ccccc2F)P(=O)(OC(C)C)OC(C)C)cc1. The molecule has 1 N–H and O–H groups in total. The number of methoxy groups -OCH3 is 1. The Morgan fingerprint density at radius 2 is 1.48 bits per heavy atom. The molecule has 0 amide bonds. The van der Waals surface area contributed by atoms with Gasteiger partial charge in [-0.15, -0.1) is 0 Å². The highest BCUT2D eigenvalue weighted by Gasteiger charge is 2.40. The topological polar surface area (TPSA) is 56.8 Å². The molecular weight excluding hydrogens is 368 g/mol. The zero-order valence-electron chi connectivity index (χ0n) is 16.3. The first-order chi connectivity index (χ1) is 12.7. The van der Waals surface area contributed by atoms with Crippen molar-refractivity contribution in [3.63, 3.8) is 0 Å². The van der Waals surface area contributed by atoms with Gasteiger partial charge in [-0.3, -0.25) is 4.57 Å². The molecule has 27 heavy (non-hydrogen) atoms. The maximum Gasteiger partial charge on any atom is 0.357 e. The third-order valence-corrected chi connectivity index (χ3v) is 6.10. The molecule has 1 unspecified atom stereocenters. The molecule has 0 aromatic heterocycles. The molecule has 0 aliphatic heterocycles. The van der Waals surface area contributed by atoms with Crippen LogP contribution in [0.4, 0.5) is 10.1 Å². The molecule has 1 atom stereocenters. The van der Waals surface area contributed by atoms with E-state index in [-0.39, 0.29) is 17.8 Å². The molecule has 0 fully saturated rings. The second kappa shape index (κ2) is 9.36. The Morgan fingerprint density at radius 3 is 1.96 bits per heavy atom. The second-order valence-electron chi connectivity index (χ2n) is 6.65. The average molecular weight is 395 g/mol. The number of anilines is 1. The van der Waals surface area contributed by atoms with Crippen LogP contribution in [0.3, 0.4) is 0 Å². The Kier molecular flexibility index (Phi) is 7.42. The van der Waals surface area contributed by atoms with Gasteiger partial charge in [-0.05, 0) is 58.0 Å². The molecule has 148 valence electrons. The summed E-state index contributed by atoms with van der Waals surface area (Å²) >= 11 is 0. The number of hydrogen-bond donors (Lipinski definition) is 1. The van der Waals surface area contributed by atoms with E-state index in [4.69, 9.17) is 13.8 Å². The summed E-state index contributed by atoms with van der Waals surface area (Å²) in [6, 6.07) is 13.2. The summed E-state index contributed by atoms with van der Waals surface area (Å²) in [5.74, 6) is -0.802. The lowest BCUT2D eigenvalue weighted by molar-refractivity contribution is 0.137. The van der Waals surface area contributed by atoms with Crippen molar-refractivity contribution >= 4 is 13.3 Å². The lowest BCUT2D eigenvalue weighted by Crippen LogP contribution is -2.20. The van der Waals surface area contributed by atoms with Crippen LogP contribution in [0.1, 0.15) is 39.0 Å². The number of halogens is 1. The minimum atomic E-state index is -3.76. The largest absolute Gasteiger partial charge is 0.497 e. The van der Waals surface area contributed by atoms with Crippen LogP contribution in [0.2, 0.25) is 0 Å². The molecule has 2 aromatic rings. The van der Waals surface area contributed by atoms with Gasteiger partial charge in [0.15, 0.2) is 5.78 Å². The van der Waals surface area contributed by atoms with Crippen LogP contribution < -0.4 is 10.1 Å². The minimum absolute atomic E-state index is 0.220. The lowest BCUT2D eigenvalue weighted by atomic mass is 10.2. The van der Waals surface area contributed by atoms with E-state index in [1.807, 2.05) is 0 Å². The molecule has 2 aromatic carbocycles. The van der Waals surface area contributed by atoms with Crippen molar-refractivity contribution in [3.05, 3.63) is 59.9 Å². The van der Waals surface area contributed by atoms with Crippen molar-refractivity contribution in [1.29, 1.82) is 0 Å². The summed E-state index contributed by atoms with van der Waals surface area (Å²) < 4.78 is 44.9. The third-order valence-electron chi connectivity index (χ3n) is 3.62. The molecule has 0 aliphatic rings. The minimum Gasteiger partial charge on any atom is -0.497 e. The smallest absolute Gasteiger partial charge is 0.357 e. The van der Waals surface area contributed by atoms with Gasteiger partial charge in [-0.2, -0.15) is 0 Å². The van der Waals surface area contributed by atoms with Gasteiger partial charge in [0.1, 0.15) is 11.6 Å². The zero-order valence-corrected chi connectivity index (χ0v) is 17.2. The summed E-state index contributed by atoms with van der Waals surface area (Å²) in [4.78, 5) is 0. The van der Waals surface area contributed by atoms with Gasteiger partial charge in [-0.1, -0.05) is 18.2 Å². The monoisotopic (exact) mass is 395 g/mol. The van der Waals surface area contributed by atoms with Crippen LogP contribution in [-0.4, -0.2) is 19.3 Å². The van der Waals surface area contributed by atoms with Crippen molar-refractivity contribution in [2.24, 2.45) is 0 Å². The number of nitrogens with one attached hydrogen (secondary N) is 1. The molecule has 2 rings (SSSR count). The fourth-order valence-corrected chi connectivity index (χ4v) is 4.93. The van der Waals surface area contributed by atoms with Crippen LogP contribution in [0.15, 0.2) is 48.5 Å². The van der Waals surface area contributed by atoms with Crippen molar-refractivity contribution in [3.8, 4) is 5.75 Å². The van der Waals surface area contributed by atoms with E-state index in [0.29, 0.717) is 11.4 Å². The van der Waals surface area contributed by atoms with Crippen LogP contribution in [-0.2, 0) is 13.6 Å². The summed E-state index contributed by atoms with van der Waals surface area (Å²) in [7, 11) is -2.18. The van der Waals surface area contributed by atoms with Crippen molar-refractivity contribution in [2.45, 2.75) is 45.7 Å². The molecule has 5 nitrogen and oxygen atoms in total. The Hall–Kier alpha value is -1.88. The quantitative estimate of drug-likeness (QED) is 0.529. The third kappa shape index (κ3) is 5.80. The molecule has 0 spiro atoms. The van der Waals surface area contributed by atoms with Gasteiger partial charge in [0.2, 0.25) is 0 Å². The first-order valence-corrected chi connectivity index (χ1v) is 10.5. The van der Waals surface area contributed by atoms with E-state index < -0.39 is 19.2 Å². The summed E-state index contributed by atoms with van der Waals surface area (Å²) in [6.45, 7) is 7.06. The highest BCUT2D eigenvalue weighted by atomic mass is 31.2. The zero-order chi connectivity index (χ0) is 20.0. The summed E-state index contributed by atoms with van der Waals surface area (Å²) in [5, 5.41) is 3.13.